The van der Waals surface area contributed by atoms with Crippen LogP contribution in [0.3, 0.4) is 0 Å². The first kappa shape index (κ1) is 17.8. The van der Waals surface area contributed by atoms with E-state index < -0.39 is 10.8 Å². The van der Waals surface area contributed by atoms with E-state index in [4.69, 9.17) is 0 Å². The molecule has 1 aromatic heterocycles. The Hall–Kier alpha value is -3.58. The first-order chi connectivity index (χ1) is 13.5. The topological polar surface area (TPSA) is 80.5 Å². The molecule has 2 amide bonds. The minimum absolute atomic E-state index is 0.00442. The molecule has 0 N–H and O–H groups in total. The molecule has 3 aromatic rings. The number of imide groups is 1. The van der Waals surface area contributed by atoms with Gasteiger partial charge in [-0.3, -0.25) is 19.7 Å². The summed E-state index contributed by atoms with van der Waals surface area (Å²) in [4.78, 5) is 38.0. The standard InChI is InChI=1S/C21H14N2O4S/c1-13-6-2-5-9-18(13)22-20(24)16-8-4-3-7-15(16)17(21(22)25)10-14-11-19(23(26)27)28-12-14/h2-12H,1H3. The molecule has 0 unspecified atom stereocenters. The molecule has 2 heterocycles. The zero-order chi connectivity index (χ0) is 19.8. The van der Waals surface area contributed by atoms with E-state index in [0.29, 0.717) is 28.0 Å². The van der Waals surface area contributed by atoms with Gasteiger partial charge in [0.1, 0.15) is 0 Å². The number of benzene rings is 2. The Labute approximate surface area is 164 Å². The average molecular weight is 390 g/mol. The highest BCUT2D eigenvalue weighted by atomic mass is 32.1. The van der Waals surface area contributed by atoms with Crippen LogP contribution in [0.5, 0.6) is 0 Å². The number of carbonyl (C=O) groups is 2. The Morgan fingerprint density at radius 3 is 2.36 bits per heavy atom. The monoisotopic (exact) mass is 390 g/mol. The lowest BCUT2D eigenvalue weighted by atomic mass is 9.91. The minimum Gasteiger partial charge on any atom is -0.268 e. The maximum Gasteiger partial charge on any atom is 0.324 e. The highest BCUT2D eigenvalue weighted by Gasteiger charge is 2.36. The molecule has 0 aliphatic carbocycles. The number of para-hydroxylation sites is 1. The van der Waals surface area contributed by atoms with Crippen LogP contribution in [0, 0.1) is 17.0 Å². The molecule has 0 radical (unpaired) electrons. The number of carbonyl (C=O) groups excluding carboxylic acids is 2. The molecule has 0 atom stereocenters. The lowest BCUT2D eigenvalue weighted by Gasteiger charge is -2.29. The van der Waals surface area contributed by atoms with E-state index in [-0.39, 0.29) is 10.9 Å². The van der Waals surface area contributed by atoms with Gasteiger partial charge in [-0.25, -0.2) is 4.90 Å². The van der Waals surface area contributed by atoms with E-state index in [1.54, 1.807) is 47.9 Å². The van der Waals surface area contributed by atoms with Gasteiger partial charge >= 0.3 is 5.00 Å². The summed E-state index contributed by atoms with van der Waals surface area (Å²) in [5, 5.41) is 12.6. The van der Waals surface area contributed by atoms with E-state index in [1.807, 2.05) is 19.1 Å². The Bertz CT molecular complexity index is 1160. The fourth-order valence-electron chi connectivity index (χ4n) is 3.20. The normalized spacial score (nSPS) is 15.0. The third-order valence-electron chi connectivity index (χ3n) is 4.54. The second-order valence-electron chi connectivity index (χ2n) is 6.31. The SMILES string of the molecule is Cc1ccccc1N1C(=O)C(=Cc2csc([N+](=O)[O-])c2)c2ccccc2C1=O. The number of aryl methyl sites for hydroxylation is 1. The third-order valence-corrected chi connectivity index (χ3v) is 5.44. The summed E-state index contributed by atoms with van der Waals surface area (Å²) in [5.74, 6) is -0.838. The third kappa shape index (κ3) is 2.91. The predicted molar refractivity (Wildman–Crippen MR) is 108 cm³/mol. The molecular weight excluding hydrogens is 376 g/mol. The number of amides is 2. The molecule has 1 aliphatic heterocycles. The molecule has 0 fully saturated rings. The quantitative estimate of drug-likeness (QED) is 0.281. The van der Waals surface area contributed by atoms with Crippen LogP contribution in [0.2, 0.25) is 0 Å². The smallest absolute Gasteiger partial charge is 0.268 e. The second-order valence-corrected chi connectivity index (χ2v) is 7.20. The van der Waals surface area contributed by atoms with E-state index in [9.17, 15) is 19.7 Å². The van der Waals surface area contributed by atoms with Gasteiger partial charge in [0.2, 0.25) is 0 Å². The van der Waals surface area contributed by atoms with Gasteiger partial charge in [0.05, 0.1) is 10.6 Å². The lowest BCUT2D eigenvalue weighted by Crippen LogP contribution is -2.42. The molecule has 4 rings (SSSR count). The van der Waals surface area contributed by atoms with Crippen molar-refractivity contribution in [3.05, 3.63) is 92.3 Å². The van der Waals surface area contributed by atoms with Crippen LogP contribution in [0.25, 0.3) is 11.6 Å². The summed E-state index contributed by atoms with van der Waals surface area (Å²) in [6, 6.07) is 15.5. The summed E-state index contributed by atoms with van der Waals surface area (Å²) < 4.78 is 0. The first-order valence-electron chi connectivity index (χ1n) is 8.46. The van der Waals surface area contributed by atoms with E-state index in [1.165, 1.54) is 11.0 Å². The first-order valence-corrected chi connectivity index (χ1v) is 9.34. The van der Waals surface area contributed by atoms with Crippen LogP contribution in [-0.2, 0) is 4.79 Å². The molecule has 6 nitrogen and oxygen atoms in total. The molecule has 28 heavy (non-hydrogen) atoms. The highest BCUT2D eigenvalue weighted by molar-refractivity contribution is 7.13. The molecular formula is C21H14N2O4S. The number of anilines is 1. The van der Waals surface area contributed by atoms with Gasteiger partial charge in [0, 0.05) is 22.6 Å². The summed E-state index contributed by atoms with van der Waals surface area (Å²) in [6.45, 7) is 1.84. The van der Waals surface area contributed by atoms with Gasteiger partial charge in [-0.05, 0) is 41.8 Å². The van der Waals surface area contributed by atoms with Crippen molar-refractivity contribution in [3.63, 3.8) is 0 Å². The van der Waals surface area contributed by atoms with Crippen LogP contribution in [0.4, 0.5) is 10.7 Å². The van der Waals surface area contributed by atoms with Gasteiger partial charge in [-0.2, -0.15) is 0 Å². The van der Waals surface area contributed by atoms with E-state index in [2.05, 4.69) is 0 Å². The van der Waals surface area contributed by atoms with Crippen LogP contribution in [0.15, 0.2) is 60.0 Å². The number of thiophene rings is 1. The fourth-order valence-corrected chi connectivity index (χ4v) is 3.89. The summed E-state index contributed by atoms with van der Waals surface area (Å²) in [5.41, 5.74) is 3.14. The molecule has 0 saturated heterocycles. The van der Waals surface area contributed by atoms with Crippen molar-refractivity contribution in [2.45, 2.75) is 6.92 Å². The average Bonchev–Trinajstić information content (AvgIpc) is 3.16. The van der Waals surface area contributed by atoms with Gasteiger partial charge in [-0.1, -0.05) is 47.7 Å². The van der Waals surface area contributed by atoms with Crippen molar-refractivity contribution >= 4 is 45.5 Å². The van der Waals surface area contributed by atoms with Crippen LogP contribution in [0.1, 0.15) is 27.0 Å². The number of hydrogen-bond donors (Lipinski definition) is 0. The van der Waals surface area contributed by atoms with Crippen molar-refractivity contribution in [2.24, 2.45) is 0 Å². The summed E-state index contributed by atoms with van der Waals surface area (Å²) >= 11 is 0.993. The molecule has 138 valence electrons. The molecule has 7 heteroatoms. The van der Waals surface area contributed by atoms with E-state index in [0.717, 1.165) is 16.9 Å². The van der Waals surface area contributed by atoms with Gasteiger partial charge < -0.3 is 0 Å². The Morgan fingerprint density at radius 2 is 1.68 bits per heavy atom. The molecule has 0 saturated carbocycles. The predicted octanol–water partition coefficient (Wildman–Crippen LogP) is 4.69. The van der Waals surface area contributed by atoms with Crippen molar-refractivity contribution in [2.75, 3.05) is 4.90 Å². The number of nitro groups is 1. The number of nitrogens with zero attached hydrogens (tertiary/aromatic N) is 2. The maximum absolute atomic E-state index is 13.3. The van der Waals surface area contributed by atoms with Crippen molar-refractivity contribution in [3.8, 4) is 0 Å². The van der Waals surface area contributed by atoms with Crippen molar-refractivity contribution < 1.29 is 14.5 Å². The lowest BCUT2D eigenvalue weighted by molar-refractivity contribution is -0.380. The van der Waals surface area contributed by atoms with Crippen molar-refractivity contribution in [1.82, 2.24) is 0 Å². The van der Waals surface area contributed by atoms with Crippen LogP contribution < -0.4 is 4.90 Å². The summed E-state index contributed by atoms with van der Waals surface area (Å²) in [6.07, 6.45) is 1.60. The second kappa shape index (κ2) is 6.86. The van der Waals surface area contributed by atoms with E-state index >= 15 is 0 Å². The van der Waals surface area contributed by atoms with Crippen LogP contribution in [-0.4, -0.2) is 16.7 Å². The van der Waals surface area contributed by atoms with Gasteiger partial charge in [0.15, 0.2) is 0 Å². The fraction of sp³-hybridized carbons (Fsp3) is 0.0476. The maximum atomic E-state index is 13.3. The molecule has 0 spiro atoms. The number of rotatable bonds is 3. The number of hydrogen-bond acceptors (Lipinski definition) is 5. The molecule has 1 aliphatic rings. The van der Waals surface area contributed by atoms with Gasteiger partial charge in [-0.15, -0.1) is 0 Å². The number of fused-ring (bicyclic) bond motifs is 1. The zero-order valence-electron chi connectivity index (χ0n) is 14.8. The minimum atomic E-state index is -0.466. The molecule has 0 bridgehead atoms. The molecule has 2 aromatic carbocycles. The van der Waals surface area contributed by atoms with Crippen LogP contribution >= 0.6 is 11.3 Å². The summed E-state index contributed by atoms with van der Waals surface area (Å²) in [7, 11) is 0. The Morgan fingerprint density at radius 1 is 1.00 bits per heavy atom. The van der Waals surface area contributed by atoms with Gasteiger partial charge in [0.25, 0.3) is 11.8 Å². The Kier molecular flexibility index (Phi) is 4.37. The largest absolute Gasteiger partial charge is 0.324 e. The highest BCUT2D eigenvalue weighted by Crippen LogP contribution is 2.35. The Balaban J connectivity index is 1.90. The zero-order valence-corrected chi connectivity index (χ0v) is 15.6. The van der Waals surface area contributed by atoms with Crippen molar-refractivity contribution in [1.29, 1.82) is 0 Å².